The van der Waals surface area contributed by atoms with Gasteiger partial charge in [0, 0.05) is 24.1 Å². The minimum atomic E-state index is -0.986. The van der Waals surface area contributed by atoms with Crippen LogP contribution in [0.5, 0.6) is 0 Å². The Balaban J connectivity index is 2.14. The molecule has 3 N–H and O–H groups in total. The van der Waals surface area contributed by atoms with E-state index >= 15 is 0 Å². The lowest BCUT2D eigenvalue weighted by atomic mass is 10.0. The fraction of sp³-hybridized carbons (Fsp3) is 0.118. The van der Waals surface area contributed by atoms with Gasteiger partial charge < -0.3 is 11.1 Å². The van der Waals surface area contributed by atoms with Crippen LogP contribution in [0.1, 0.15) is 21.5 Å². The fourth-order valence-electron chi connectivity index (χ4n) is 2.18. The number of hydrogen-bond donors (Lipinski definition) is 2. The van der Waals surface area contributed by atoms with Crippen molar-refractivity contribution >= 4 is 17.5 Å². The van der Waals surface area contributed by atoms with Crippen molar-refractivity contribution in [2.45, 2.75) is 12.5 Å². The van der Waals surface area contributed by atoms with Crippen molar-refractivity contribution < 1.29 is 14.5 Å². The van der Waals surface area contributed by atoms with Gasteiger partial charge in [0.15, 0.2) is 0 Å². The predicted molar refractivity (Wildman–Crippen MR) is 88.4 cm³/mol. The van der Waals surface area contributed by atoms with E-state index in [1.165, 1.54) is 18.2 Å². The second-order valence-corrected chi connectivity index (χ2v) is 5.25. The number of carbonyl (C=O) groups excluding carboxylic acids is 2. The lowest BCUT2D eigenvalue weighted by molar-refractivity contribution is -0.384. The minimum absolute atomic E-state index is 0.0558. The summed E-state index contributed by atoms with van der Waals surface area (Å²) in [6.07, 6.45) is 0.141. The highest BCUT2D eigenvalue weighted by molar-refractivity contribution is 5.97. The molecule has 0 bridgehead atoms. The molecule has 0 radical (unpaired) electrons. The molecular weight excluding hydrogens is 324 g/mol. The van der Waals surface area contributed by atoms with Crippen LogP contribution < -0.4 is 11.1 Å². The number of nitro benzene ring substituents is 1. The summed E-state index contributed by atoms with van der Waals surface area (Å²) >= 11 is 0. The Labute approximate surface area is 143 Å². The first-order valence-electron chi connectivity index (χ1n) is 7.24. The van der Waals surface area contributed by atoms with Crippen molar-refractivity contribution in [2.75, 3.05) is 0 Å². The number of rotatable bonds is 6. The van der Waals surface area contributed by atoms with Crippen LogP contribution in [-0.2, 0) is 11.2 Å². The van der Waals surface area contributed by atoms with Gasteiger partial charge in [-0.25, -0.2) is 0 Å². The number of nitriles is 1. The van der Waals surface area contributed by atoms with Crippen LogP contribution in [0.3, 0.4) is 0 Å². The minimum Gasteiger partial charge on any atom is -0.368 e. The van der Waals surface area contributed by atoms with Crippen molar-refractivity contribution in [3.05, 3.63) is 75.3 Å². The van der Waals surface area contributed by atoms with Gasteiger partial charge in [0.05, 0.1) is 16.6 Å². The molecule has 0 fully saturated rings. The van der Waals surface area contributed by atoms with E-state index < -0.39 is 22.8 Å². The summed E-state index contributed by atoms with van der Waals surface area (Å²) in [4.78, 5) is 34.0. The zero-order valence-electron chi connectivity index (χ0n) is 13.0. The summed E-state index contributed by atoms with van der Waals surface area (Å²) in [5.41, 5.74) is 6.34. The number of primary amides is 1. The van der Waals surface area contributed by atoms with Crippen LogP contribution >= 0.6 is 0 Å². The van der Waals surface area contributed by atoms with Crippen molar-refractivity contribution in [1.82, 2.24) is 5.32 Å². The molecule has 0 aromatic heterocycles. The van der Waals surface area contributed by atoms with E-state index in [2.05, 4.69) is 5.32 Å². The quantitative estimate of drug-likeness (QED) is 0.603. The summed E-state index contributed by atoms with van der Waals surface area (Å²) in [5.74, 6) is -1.37. The van der Waals surface area contributed by atoms with Gasteiger partial charge in [0.2, 0.25) is 5.91 Å². The SMILES string of the molecule is N#Cc1ccc(C[C@H](NC(=O)c2cccc([N+](=O)[O-])c2)C(N)=O)cc1. The molecule has 8 heteroatoms. The number of nitro groups is 1. The van der Waals surface area contributed by atoms with Crippen LogP contribution in [0.4, 0.5) is 5.69 Å². The van der Waals surface area contributed by atoms with E-state index in [4.69, 9.17) is 11.0 Å². The Morgan fingerprint density at radius 3 is 2.48 bits per heavy atom. The molecule has 2 aromatic rings. The third-order valence-corrected chi connectivity index (χ3v) is 3.49. The van der Waals surface area contributed by atoms with Crippen molar-refractivity contribution in [3.63, 3.8) is 0 Å². The highest BCUT2D eigenvalue weighted by Gasteiger charge is 2.20. The number of non-ortho nitro benzene ring substituents is 1. The van der Waals surface area contributed by atoms with Crippen LogP contribution in [0, 0.1) is 21.4 Å². The molecule has 2 amide bonds. The van der Waals surface area contributed by atoms with Crippen LogP contribution in [-0.4, -0.2) is 22.8 Å². The average Bonchev–Trinajstić information content (AvgIpc) is 2.61. The topological polar surface area (TPSA) is 139 Å². The van der Waals surface area contributed by atoms with Gasteiger partial charge in [0.1, 0.15) is 6.04 Å². The summed E-state index contributed by atoms with van der Waals surface area (Å²) in [6.45, 7) is 0. The maximum absolute atomic E-state index is 12.2. The highest BCUT2D eigenvalue weighted by atomic mass is 16.6. The standard InChI is InChI=1S/C17H14N4O4/c18-10-12-6-4-11(5-7-12)8-15(16(19)22)20-17(23)13-2-1-3-14(9-13)21(24)25/h1-7,9,15H,8H2,(H2,19,22)(H,20,23)/t15-/m0/s1. The molecule has 25 heavy (non-hydrogen) atoms. The average molecular weight is 338 g/mol. The van der Waals surface area contributed by atoms with E-state index in [0.29, 0.717) is 11.1 Å². The predicted octanol–water partition coefficient (Wildman–Crippen LogP) is 1.29. The lowest BCUT2D eigenvalue weighted by Crippen LogP contribution is -2.45. The maximum Gasteiger partial charge on any atom is 0.270 e. The van der Waals surface area contributed by atoms with Gasteiger partial charge in [-0.15, -0.1) is 0 Å². The Morgan fingerprint density at radius 1 is 1.24 bits per heavy atom. The van der Waals surface area contributed by atoms with Crippen molar-refractivity contribution in [3.8, 4) is 6.07 Å². The molecule has 2 rings (SSSR count). The van der Waals surface area contributed by atoms with E-state index in [0.717, 1.165) is 6.07 Å². The molecule has 126 valence electrons. The molecule has 0 saturated carbocycles. The molecule has 0 saturated heterocycles. The summed E-state index contributed by atoms with van der Waals surface area (Å²) in [5, 5.41) is 22.0. The molecule has 0 heterocycles. The smallest absolute Gasteiger partial charge is 0.270 e. The third-order valence-electron chi connectivity index (χ3n) is 3.49. The molecule has 8 nitrogen and oxygen atoms in total. The first-order chi connectivity index (χ1) is 11.9. The fourth-order valence-corrected chi connectivity index (χ4v) is 2.18. The first-order valence-corrected chi connectivity index (χ1v) is 7.24. The second-order valence-electron chi connectivity index (χ2n) is 5.25. The Kier molecular flexibility index (Phi) is 5.43. The van der Waals surface area contributed by atoms with Gasteiger partial charge >= 0.3 is 0 Å². The number of nitrogens with two attached hydrogens (primary N) is 1. The molecule has 0 unspecified atom stereocenters. The normalized spacial score (nSPS) is 11.2. The van der Waals surface area contributed by atoms with Crippen molar-refractivity contribution in [1.29, 1.82) is 5.26 Å². The first kappa shape index (κ1) is 17.6. The van der Waals surface area contributed by atoms with Crippen LogP contribution in [0.2, 0.25) is 0 Å². The van der Waals surface area contributed by atoms with Gasteiger partial charge in [-0.05, 0) is 23.8 Å². The Hall–Kier alpha value is -3.73. The number of carbonyl (C=O) groups is 2. The van der Waals surface area contributed by atoms with E-state index in [9.17, 15) is 19.7 Å². The zero-order valence-corrected chi connectivity index (χ0v) is 13.0. The molecule has 0 aliphatic carbocycles. The van der Waals surface area contributed by atoms with Crippen molar-refractivity contribution in [2.24, 2.45) is 5.73 Å². The van der Waals surface area contributed by atoms with E-state index in [1.807, 2.05) is 6.07 Å². The number of nitrogens with zero attached hydrogens (tertiary/aromatic N) is 2. The van der Waals surface area contributed by atoms with Gasteiger partial charge in [0.25, 0.3) is 11.6 Å². The molecular formula is C17H14N4O4. The summed E-state index contributed by atoms with van der Waals surface area (Å²) in [7, 11) is 0. The molecule has 0 aliphatic heterocycles. The summed E-state index contributed by atoms with van der Waals surface area (Å²) < 4.78 is 0. The van der Waals surface area contributed by atoms with Gasteiger partial charge in [-0.3, -0.25) is 19.7 Å². The molecule has 0 aliphatic rings. The molecule has 2 aromatic carbocycles. The molecule has 0 spiro atoms. The highest BCUT2D eigenvalue weighted by Crippen LogP contribution is 2.13. The van der Waals surface area contributed by atoms with Crippen LogP contribution in [0.25, 0.3) is 0 Å². The lowest BCUT2D eigenvalue weighted by Gasteiger charge is -2.15. The van der Waals surface area contributed by atoms with E-state index in [-0.39, 0.29) is 17.7 Å². The monoisotopic (exact) mass is 338 g/mol. The number of hydrogen-bond acceptors (Lipinski definition) is 5. The Bertz CT molecular complexity index is 856. The largest absolute Gasteiger partial charge is 0.368 e. The summed E-state index contributed by atoms with van der Waals surface area (Å²) in [6, 6.07) is 12.7. The van der Waals surface area contributed by atoms with Crippen LogP contribution in [0.15, 0.2) is 48.5 Å². The second kappa shape index (κ2) is 7.70. The zero-order chi connectivity index (χ0) is 18.4. The molecule has 1 atom stereocenters. The maximum atomic E-state index is 12.2. The van der Waals surface area contributed by atoms with Gasteiger partial charge in [-0.1, -0.05) is 18.2 Å². The Morgan fingerprint density at radius 2 is 1.92 bits per heavy atom. The number of benzene rings is 2. The van der Waals surface area contributed by atoms with Gasteiger partial charge in [-0.2, -0.15) is 5.26 Å². The van der Waals surface area contributed by atoms with E-state index in [1.54, 1.807) is 24.3 Å². The number of amides is 2. The number of nitrogens with one attached hydrogen (secondary N) is 1. The third kappa shape index (κ3) is 4.62.